The summed E-state index contributed by atoms with van der Waals surface area (Å²) >= 11 is 0. The molecule has 0 saturated carbocycles. The van der Waals surface area contributed by atoms with Crippen LogP contribution in [0.4, 0.5) is 4.79 Å². The topological polar surface area (TPSA) is 105 Å². The number of hydrogen-bond acceptors (Lipinski definition) is 5. The van der Waals surface area contributed by atoms with Gasteiger partial charge in [0.15, 0.2) is 6.10 Å². The van der Waals surface area contributed by atoms with E-state index in [9.17, 15) is 19.2 Å². The van der Waals surface area contributed by atoms with Gasteiger partial charge >= 0.3 is 12.0 Å². The lowest BCUT2D eigenvalue weighted by atomic mass is 9.93. The molecular weight excluding hydrogens is 350 g/mol. The van der Waals surface area contributed by atoms with Crippen molar-refractivity contribution in [2.45, 2.75) is 51.8 Å². The van der Waals surface area contributed by atoms with Crippen molar-refractivity contribution in [2.24, 2.45) is 0 Å². The normalized spacial score (nSPS) is 16.6. The molecule has 1 fully saturated rings. The Morgan fingerprint density at radius 1 is 1.19 bits per heavy atom. The number of benzene rings is 1. The van der Waals surface area contributed by atoms with E-state index >= 15 is 0 Å². The summed E-state index contributed by atoms with van der Waals surface area (Å²) < 4.78 is 5.07. The van der Waals surface area contributed by atoms with Gasteiger partial charge in [0.05, 0.1) is 0 Å². The number of carbonyl (C=O) groups is 4. The zero-order valence-electron chi connectivity index (χ0n) is 15.8. The fourth-order valence-electron chi connectivity index (χ4n) is 2.89. The molecule has 0 radical (unpaired) electrons. The third-order valence-corrected chi connectivity index (χ3v) is 4.73. The number of nitrogens with zero attached hydrogens (tertiary/aromatic N) is 1. The summed E-state index contributed by atoms with van der Waals surface area (Å²) in [5, 5.41) is 5.31. The predicted molar refractivity (Wildman–Crippen MR) is 97.4 cm³/mol. The van der Waals surface area contributed by atoms with Gasteiger partial charge in [-0.3, -0.25) is 19.3 Å². The second-order valence-corrected chi connectivity index (χ2v) is 6.45. The van der Waals surface area contributed by atoms with Gasteiger partial charge in [-0.05, 0) is 25.3 Å². The summed E-state index contributed by atoms with van der Waals surface area (Å²) in [6.45, 7) is 4.81. The van der Waals surface area contributed by atoms with Crippen molar-refractivity contribution in [1.82, 2.24) is 15.5 Å². The molecule has 4 amide bonds. The number of ether oxygens (including phenoxy) is 1. The highest BCUT2D eigenvalue weighted by Crippen LogP contribution is 2.24. The maximum absolute atomic E-state index is 12.5. The minimum Gasteiger partial charge on any atom is -0.451 e. The van der Waals surface area contributed by atoms with E-state index in [1.807, 2.05) is 30.3 Å². The third-order valence-electron chi connectivity index (χ3n) is 4.73. The lowest BCUT2D eigenvalue weighted by Crippen LogP contribution is -2.46. The van der Waals surface area contributed by atoms with Gasteiger partial charge in [-0.15, -0.1) is 0 Å². The van der Waals surface area contributed by atoms with Crippen molar-refractivity contribution in [1.29, 1.82) is 0 Å². The molecule has 1 saturated heterocycles. The van der Waals surface area contributed by atoms with Crippen LogP contribution in [0.1, 0.15) is 39.2 Å². The summed E-state index contributed by atoms with van der Waals surface area (Å²) in [7, 11) is 0. The van der Waals surface area contributed by atoms with Crippen LogP contribution in [-0.2, 0) is 25.7 Å². The van der Waals surface area contributed by atoms with Gasteiger partial charge in [0.25, 0.3) is 11.8 Å². The van der Waals surface area contributed by atoms with E-state index < -0.39 is 42.0 Å². The van der Waals surface area contributed by atoms with Crippen molar-refractivity contribution in [3.05, 3.63) is 35.9 Å². The summed E-state index contributed by atoms with van der Waals surface area (Å²) in [6.07, 6.45) is -0.181. The number of nitrogens with one attached hydrogen (secondary N) is 2. The maximum atomic E-state index is 12.5. The highest BCUT2D eigenvalue weighted by atomic mass is 16.5. The number of imide groups is 1. The molecule has 8 heteroatoms. The van der Waals surface area contributed by atoms with Crippen molar-refractivity contribution < 1.29 is 23.9 Å². The largest absolute Gasteiger partial charge is 0.451 e. The van der Waals surface area contributed by atoms with Crippen molar-refractivity contribution in [3.8, 4) is 0 Å². The van der Waals surface area contributed by atoms with Crippen LogP contribution in [0, 0.1) is 0 Å². The Balaban J connectivity index is 1.86. The first-order chi connectivity index (χ1) is 12.8. The molecule has 2 rings (SSSR count). The van der Waals surface area contributed by atoms with Crippen molar-refractivity contribution >= 4 is 23.8 Å². The number of amides is 4. The van der Waals surface area contributed by atoms with Crippen LogP contribution in [-0.4, -0.2) is 46.9 Å². The van der Waals surface area contributed by atoms with E-state index in [0.717, 1.165) is 10.5 Å². The molecule has 1 heterocycles. The second kappa shape index (κ2) is 8.66. The van der Waals surface area contributed by atoms with E-state index in [-0.39, 0.29) is 0 Å². The predicted octanol–water partition coefficient (Wildman–Crippen LogP) is 1.35. The van der Waals surface area contributed by atoms with E-state index in [0.29, 0.717) is 19.4 Å². The Morgan fingerprint density at radius 2 is 1.81 bits per heavy atom. The molecule has 8 nitrogen and oxygen atoms in total. The molecule has 27 heavy (non-hydrogen) atoms. The zero-order valence-corrected chi connectivity index (χ0v) is 15.8. The summed E-state index contributed by atoms with van der Waals surface area (Å²) in [5.41, 5.74) is -0.0602. The molecule has 1 unspecified atom stereocenters. The molecule has 2 N–H and O–H groups in total. The van der Waals surface area contributed by atoms with Gasteiger partial charge in [0, 0.05) is 6.54 Å². The van der Waals surface area contributed by atoms with Crippen LogP contribution in [0.3, 0.4) is 0 Å². The van der Waals surface area contributed by atoms with Gasteiger partial charge in [-0.25, -0.2) is 4.79 Å². The number of esters is 1. The Morgan fingerprint density at radius 3 is 2.37 bits per heavy atom. The average Bonchev–Trinajstić information content (AvgIpc) is 2.91. The van der Waals surface area contributed by atoms with Gasteiger partial charge in [0.2, 0.25) is 0 Å². The van der Waals surface area contributed by atoms with Crippen LogP contribution < -0.4 is 10.6 Å². The van der Waals surface area contributed by atoms with Crippen molar-refractivity contribution in [3.63, 3.8) is 0 Å². The number of urea groups is 1. The number of hydrogen-bond donors (Lipinski definition) is 2. The molecule has 1 atom stereocenters. The van der Waals surface area contributed by atoms with Gasteiger partial charge in [-0.2, -0.15) is 0 Å². The highest BCUT2D eigenvalue weighted by molar-refractivity contribution is 6.08. The Labute approximate surface area is 158 Å². The lowest BCUT2D eigenvalue weighted by molar-refractivity contribution is -0.156. The van der Waals surface area contributed by atoms with Crippen molar-refractivity contribution in [2.75, 3.05) is 6.54 Å². The summed E-state index contributed by atoms with van der Waals surface area (Å²) in [6, 6.07) is 8.69. The first kappa shape index (κ1) is 20.4. The lowest BCUT2D eigenvalue weighted by Gasteiger charge is -2.23. The molecule has 0 spiro atoms. The van der Waals surface area contributed by atoms with Crippen LogP contribution in [0.5, 0.6) is 0 Å². The van der Waals surface area contributed by atoms with E-state index in [1.54, 1.807) is 13.8 Å². The number of carbonyl (C=O) groups excluding carboxylic acids is 4. The maximum Gasteiger partial charge on any atom is 0.327 e. The zero-order chi connectivity index (χ0) is 20.0. The molecular formula is C19H25N3O5. The first-order valence-electron chi connectivity index (χ1n) is 8.98. The second-order valence-electron chi connectivity index (χ2n) is 6.45. The average molecular weight is 375 g/mol. The molecule has 0 bridgehead atoms. The first-order valence-corrected chi connectivity index (χ1v) is 8.98. The molecule has 146 valence electrons. The SMILES string of the molecule is CCC1(CC)NC(=O)N(CC(=O)OC(C)C(=O)NCc2ccccc2)C1=O. The fraction of sp³-hybridized carbons (Fsp3) is 0.474. The third kappa shape index (κ3) is 4.64. The smallest absolute Gasteiger partial charge is 0.327 e. The molecule has 1 aromatic carbocycles. The molecule has 0 aromatic heterocycles. The van der Waals surface area contributed by atoms with Gasteiger partial charge in [0.1, 0.15) is 12.1 Å². The minimum absolute atomic E-state index is 0.310. The molecule has 1 aliphatic heterocycles. The molecule has 0 aliphatic carbocycles. The number of rotatable bonds is 8. The molecule has 1 aromatic rings. The van der Waals surface area contributed by atoms with E-state index in [1.165, 1.54) is 6.92 Å². The monoisotopic (exact) mass is 375 g/mol. The van der Waals surface area contributed by atoms with E-state index in [4.69, 9.17) is 4.74 Å². The standard InChI is InChI=1S/C19H25N3O5/c1-4-19(5-2)17(25)22(18(26)21-19)12-15(23)27-13(3)16(24)20-11-14-9-7-6-8-10-14/h6-10,13H,4-5,11-12H2,1-3H3,(H,20,24)(H,21,26). The van der Waals surface area contributed by atoms with Crippen LogP contribution >= 0.6 is 0 Å². The summed E-state index contributed by atoms with van der Waals surface area (Å²) in [5.74, 6) is -1.72. The van der Waals surface area contributed by atoms with Gasteiger partial charge in [-0.1, -0.05) is 44.2 Å². The Kier molecular flexibility index (Phi) is 6.55. The minimum atomic E-state index is -1.04. The Hall–Kier alpha value is -2.90. The fourth-order valence-corrected chi connectivity index (χ4v) is 2.89. The molecule has 1 aliphatic rings. The van der Waals surface area contributed by atoms with Crippen LogP contribution in [0.15, 0.2) is 30.3 Å². The quantitative estimate of drug-likeness (QED) is 0.527. The van der Waals surface area contributed by atoms with E-state index in [2.05, 4.69) is 10.6 Å². The van der Waals surface area contributed by atoms with Gasteiger partial charge < -0.3 is 15.4 Å². The highest BCUT2D eigenvalue weighted by Gasteiger charge is 2.49. The van der Waals surface area contributed by atoms with Crippen LogP contribution in [0.2, 0.25) is 0 Å². The van der Waals surface area contributed by atoms with Crippen LogP contribution in [0.25, 0.3) is 0 Å². The Bertz CT molecular complexity index is 715. The summed E-state index contributed by atoms with van der Waals surface area (Å²) in [4.78, 5) is 49.5.